The number of ether oxygens (including phenoxy) is 1. The fourth-order valence-electron chi connectivity index (χ4n) is 2.70. The van der Waals surface area contributed by atoms with Gasteiger partial charge in [-0.3, -0.25) is 9.78 Å². The molecule has 0 saturated carbocycles. The van der Waals surface area contributed by atoms with Crippen molar-refractivity contribution in [2.45, 2.75) is 19.9 Å². The van der Waals surface area contributed by atoms with Gasteiger partial charge in [0.05, 0.1) is 7.11 Å². The topological polar surface area (TPSA) is 90.1 Å². The highest BCUT2D eigenvalue weighted by molar-refractivity contribution is 6.30. The molecular weight excluding hydrogens is 392 g/mol. The largest absolute Gasteiger partial charge is 0.496 e. The van der Waals surface area contributed by atoms with Crippen LogP contribution in [0.15, 0.2) is 53.3 Å². The van der Waals surface area contributed by atoms with Crippen LogP contribution in [0.4, 0.5) is 0 Å². The van der Waals surface area contributed by atoms with Crippen LogP contribution in [0.2, 0.25) is 5.02 Å². The number of rotatable bonds is 7. The van der Waals surface area contributed by atoms with E-state index in [1.165, 1.54) is 6.08 Å². The molecule has 1 N–H and O–H groups in total. The molecule has 0 aliphatic carbocycles. The number of hydrogen-bond acceptors (Lipinski definition) is 6. The average molecular weight is 413 g/mol. The molecule has 3 rings (SSSR count). The molecule has 0 aliphatic heterocycles. The Bertz CT molecular complexity index is 1000. The first kappa shape index (κ1) is 20.5. The summed E-state index contributed by atoms with van der Waals surface area (Å²) in [7, 11) is 1.56. The Kier molecular flexibility index (Phi) is 6.61. The molecule has 2 heterocycles. The maximum Gasteiger partial charge on any atom is 0.249 e. The summed E-state index contributed by atoms with van der Waals surface area (Å²) in [6, 6.07) is 8.34. The molecule has 0 saturated heterocycles. The van der Waals surface area contributed by atoms with Crippen molar-refractivity contribution in [3.8, 4) is 17.1 Å². The van der Waals surface area contributed by atoms with E-state index >= 15 is 0 Å². The van der Waals surface area contributed by atoms with Crippen molar-refractivity contribution < 1.29 is 14.1 Å². The molecule has 2 aromatic heterocycles. The summed E-state index contributed by atoms with van der Waals surface area (Å²) in [6.07, 6.45) is 6.38. The second-order valence-electron chi connectivity index (χ2n) is 6.64. The van der Waals surface area contributed by atoms with E-state index in [-0.39, 0.29) is 11.8 Å². The number of nitrogens with one attached hydrogen (secondary N) is 1. The summed E-state index contributed by atoms with van der Waals surface area (Å²) in [5.74, 6) is 1.15. The Morgan fingerprint density at radius 3 is 2.69 bits per heavy atom. The quantitative estimate of drug-likeness (QED) is 0.581. The zero-order valence-corrected chi connectivity index (χ0v) is 17.1. The summed E-state index contributed by atoms with van der Waals surface area (Å²) in [5, 5.41) is 7.48. The molecule has 0 fully saturated rings. The second kappa shape index (κ2) is 9.34. The van der Waals surface area contributed by atoms with Crippen molar-refractivity contribution in [2.75, 3.05) is 7.11 Å². The SMILES string of the molecule is COc1ccc(Cl)cc1/C=C/C(=O)NC(c1nc(-c2ccncc2)no1)C(C)C. The first-order chi connectivity index (χ1) is 14.0. The second-order valence-corrected chi connectivity index (χ2v) is 7.08. The highest BCUT2D eigenvalue weighted by Gasteiger charge is 2.24. The molecule has 0 spiro atoms. The van der Waals surface area contributed by atoms with Crippen molar-refractivity contribution in [3.05, 3.63) is 65.3 Å². The third kappa shape index (κ3) is 5.20. The summed E-state index contributed by atoms with van der Waals surface area (Å²) in [6.45, 7) is 3.93. The molecule has 29 heavy (non-hydrogen) atoms. The van der Waals surface area contributed by atoms with Crippen molar-refractivity contribution in [1.29, 1.82) is 0 Å². The number of carbonyl (C=O) groups is 1. The van der Waals surface area contributed by atoms with E-state index in [0.717, 1.165) is 5.56 Å². The van der Waals surface area contributed by atoms with Gasteiger partial charge in [0.25, 0.3) is 0 Å². The number of nitrogens with zero attached hydrogens (tertiary/aromatic N) is 3. The average Bonchev–Trinajstić information content (AvgIpc) is 3.21. The van der Waals surface area contributed by atoms with Crippen LogP contribution in [0.25, 0.3) is 17.5 Å². The lowest BCUT2D eigenvalue weighted by atomic mass is 10.0. The van der Waals surface area contributed by atoms with Crippen LogP contribution < -0.4 is 10.1 Å². The molecule has 1 amide bonds. The van der Waals surface area contributed by atoms with E-state index in [0.29, 0.717) is 28.1 Å². The van der Waals surface area contributed by atoms with Gasteiger partial charge in [0.2, 0.25) is 17.6 Å². The fourth-order valence-corrected chi connectivity index (χ4v) is 2.88. The maximum atomic E-state index is 12.5. The van der Waals surface area contributed by atoms with E-state index in [4.69, 9.17) is 20.9 Å². The molecule has 1 unspecified atom stereocenters. The minimum absolute atomic E-state index is 0.0406. The third-order valence-corrected chi connectivity index (χ3v) is 4.45. The lowest BCUT2D eigenvalue weighted by molar-refractivity contribution is -0.117. The van der Waals surface area contributed by atoms with Crippen LogP contribution in [0, 0.1) is 5.92 Å². The van der Waals surface area contributed by atoms with Gasteiger partial charge in [-0.25, -0.2) is 0 Å². The van der Waals surface area contributed by atoms with Gasteiger partial charge in [-0.1, -0.05) is 30.6 Å². The maximum absolute atomic E-state index is 12.5. The van der Waals surface area contributed by atoms with Crippen LogP contribution in [0.3, 0.4) is 0 Å². The molecule has 0 bridgehead atoms. The zero-order chi connectivity index (χ0) is 20.8. The Morgan fingerprint density at radius 2 is 2.00 bits per heavy atom. The molecule has 0 radical (unpaired) electrons. The van der Waals surface area contributed by atoms with Crippen molar-refractivity contribution in [3.63, 3.8) is 0 Å². The van der Waals surface area contributed by atoms with Gasteiger partial charge in [0, 0.05) is 34.6 Å². The minimum Gasteiger partial charge on any atom is -0.496 e. The minimum atomic E-state index is -0.434. The van der Waals surface area contributed by atoms with Crippen molar-refractivity contribution >= 4 is 23.6 Å². The van der Waals surface area contributed by atoms with Gasteiger partial charge >= 0.3 is 0 Å². The molecule has 7 nitrogen and oxygen atoms in total. The number of benzene rings is 1. The van der Waals surface area contributed by atoms with Crippen molar-refractivity contribution in [2.24, 2.45) is 5.92 Å². The molecule has 3 aromatic rings. The number of halogens is 1. The first-order valence-corrected chi connectivity index (χ1v) is 9.42. The molecule has 8 heteroatoms. The summed E-state index contributed by atoms with van der Waals surface area (Å²) in [5.41, 5.74) is 1.49. The van der Waals surface area contributed by atoms with Crippen LogP contribution in [0.5, 0.6) is 5.75 Å². The van der Waals surface area contributed by atoms with Gasteiger partial charge in [-0.15, -0.1) is 0 Å². The van der Waals surface area contributed by atoms with Gasteiger partial charge in [0.1, 0.15) is 11.8 Å². The summed E-state index contributed by atoms with van der Waals surface area (Å²) in [4.78, 5) is 20.9. The molecule has 150 valence electrons. The monoisotopic (exact) mass is 412 g/mol. The van der Waals surface area contributed by atoms with E-state index in [9.17, 15) is 4.79 Å². The summed E-state index contributed by atoms with van der Waals surface area (Å²) < 4.78 is 10.7. The fraction of sp³-hybridized carbons (Fsp3) is 0.238. The number of carbonyl (C=O) groups excluding carboxylic acids is 1. The first-order valence-electron chi connectivity index (χ1n) is 9.04. The highest BCUT2D eigenvalue weighted by Crippen LogP contribution is 2.25. The molecule has 1 aromatic carbocycles. The number of methoxy groups -OCH3 is 1. The Hall–Kier alpha value is -3.19. The Labute approximate surface area is 173 Å². The van der Waals surface area contributed by atoms with Gasteiger partial charge in [-0.05, 0) is 42.3 Å². The van der Waals surface area contributed by atoms with E-state index < -0.39 is 6.04 Å². The van der Waals surface area contributed by atoms with Crippen LogP contribution in [0.1, 0.15) is 31.3 Å². The van der Waals surface area contributed by atoms with Crippen LogP contribution in [-0.4, -0.2) is 28.1 Å². The van der Waals surface area contributed by atoms with E-state index in [1.54, 1.807) is 55.9 Å². The van der Waals surface area contributed by atoms with Crippen molar-refractivity contribution in [1.82, 2.24) is 20.4 Å². The summed E-state index contributed by atoms with van der Waals surface area (Å²) >= 11 is 6.03. The number of hydrogen-bond donors (Lipinski definition) is 1. The number of aromatic nitrogens is 3. The highest BCUT2D eigenvalue weighted by atomic mass is 35.5. The van der Waals surface area contributed by atoms with E-state index in [2.05, 4.69) is 20.4 Å². The predicted octanol–water partition coefficient (Wildman–Crippen LogP) is 4.32. The lowest BCUT2D eigenvalue weighted by Crippen LogP contribution is -2.30. The molecular formula is C21H21ClN4O3. The van der Waals surface area contributed by atoms with Gasteiger partial charge in [0.15, 0.2) is 0 Å². The molecule has 0 aliphatic rings. The standard InChI is InChI=1S/C21H21ClN4O3/c1-13(2)19(21-25-20(26-29-21)14-8-10-23-11-9-14)24-18(27)7-4-15-12-16(22)5-6-17(15)28-3/h4-13,19H,1-3H3,(H,24,27)/b7-4+. The number of amides is 1. The Morgan fingerprint density at radius 1 is 1.24 bits per heavy atom. The lowest BCUT2D eigenvalue weighted by Gasteiger charge is -2.17. The smallest absolute Gasteiger partial charge is 0.249 e. The zero-order valence-electron chi connectivity index (χ0n) is 16.3. The molecule has 1 atom stereocenters. The normalized spacial score (nSPS) is 12.3. The van der Waals surface area contributed by atoms with E-state index in [1.807, 2.05) is 13.8 Å². The van der Waals surface area contributed by atoms with Crippen LogP contribution in [-0.2, 0) is 4.79 Å². The third-order valence-electron chi connectivity index (χ3n) is 4.22. The Balaban J connectivity index is 1.75. The van der Waals surface area contributed by atoms with Crippen LogP contribution >= 0.6 is 11.6 Å². The predicted molar refractivity (Wildman–Crippen MR) is 110 cm³/mol. The number of pyridine rings is 1. The van der Waals surface area contributed by atoms with Gasteiger partial charge in [-0.2, -0.15) is 4.98 Å². The van der Waals surface area contributed by atoms with Gasteiger partial charge < -0.3 is 14.6 Å².